The molecule has 3 atom stereocenters. The third-order valence-corrected chi connectivity index (χ3v) is 5.37. The van der Waals surface area contributed by atoms with E-state index in [2.05, 4.69) is 5.32 Å². The van der Waals surface area contributed by atoms with E-state index in [-0.39, 0.29) is 22.4 Å². The number of nitrogens with one attached hydrogen (secondary N) is 1. The van der Waals surface area contributed by atoms with E-state index in [4.69, 9.17) is 10.5 Å². The summed E-state index contributed by atoms with van der Waals surface area (Å²) in [6, 6.07) is 7.10. The minimum absolute atomic E-state index is 0. The van der Waals surface area contributed by atoms with Crippen molar-refractivity contribution in [1.82, 2.24) is 10.2 Å². The summed E-state index contributed by atoms with van der Waals surface area (Å²) in [5.41, 5.74) is 6.39. The molecule has 0 aliphatic carbocycles. The number of amides is 2. The number of ether oxygens (including phenoxy) is 1. The van der Waals surface area contributed by atoms with Gasteiger partial charge in [0, 0.05) is 0 Å². The first-order chi connectivity index (χ1) is 12.0. The monoisotopic (exact) mass is 399 g/mol. The third kappa shape index (κ3) is 3.90. The molecule has 1 aromatic carbocycles. The van der Waals surface area contributed by atoms with E-state index in [1.165, 1.54) is 18.9 Å². The van der Waals surface area contributed by atoms with E-state index < -0.39 is 35.2 Å². The first-order valence-corrected chi connectivity index (χ1v) is 8.56. The third-order valence-electron chi connectivity index (χ3n) is 4.12. The number of carboxylic acid groups (broad SMARTS) is 1. The van der Waals surface area contributed by atoms with E-state index >= 15 is 0 Å². The van der Waals surface area contributed by atoms with Crippen LogP contribution in [-0.2, 0) is 19.1 Å². The zero-order valence-electron chi connectivity index (χ0n) is 14.3. The molecule has 1 unspecified atom stereocenters. The molecular formula is C16H21N3O7S. The SMILES string of the molecule is COC1=C(C(=O)O)N2C(=O)[C@@H](NC(=O)C(N)c3ccccc3)[C@@H]2SC1.O.O. The summed E-state index contributed by atoms with van der Waals surface area (Å²) in [5, 5.41) is 11.5. The minimum Gasteiger partial charge on any atom is -0.498 e. The number of carbonyl (C=O) groups is 3. The fourth-order valence-corrected chi connectivity index (χ4v) is 4.11. The van der Waals surface area contributed by atoms with E-state index in [0.717, 1.165) is 4.90 Å². The normalized spacial score (nSPS) is 21.7. The second-order valence-corrected chi connectivity index (χ2v) is 6.67. The summed E-state index contributed by atoms with van der Waals surface area (Å²) in [6.07, 6.45) is 0. The largest absolute Gasteiger partial charge is 0.498 e. The summed E-state index contributed by atoms with van der Waals surface area (Å²) in [7, 11) is 1.36. The standard InChI is InChI=1S/C16H17N3O5S.2H2O/c1-24-9-7-25-15-11(14(21)19(15)12(9)16(22)23)18-13(20)10(17)8-5-3-2-4-6-8;;/h2-6,10-11,15H,7,17H2,1H3,(H,18,20)(H,22,23);2*1H2/t10?,11-,15+;;/m1../s1. The molecule has 3 rings (SSSR count). The maximum Gasteiger partial charge on any atom is 0.356 e. The second-order valence-electron chi connectivity index (χ2n) is 5.57. The number of hydrogen-bond acceptors (Lipinski definition) is 6. The average Bonchev–Trinajstić information content (AvgIpc) is 2.64. The maximum atomic E-state index is 12.4. The van der Waals surface area contributed by atoms with Crippen LogP contribution in [0.3, 0.4) is 0 Å². The number of carboxylic acids is 1. The number of aliphatic carboxylic acids is 1. The fourth-order valence-electron chi connectivity index (χ4n) is 2.80. The van der Waals surface area contributed by atoms with Gasteiger partial charge in [0.05, 0.1) is 12.9 Å². The van der Waals surface area contributed by atoms with Gasteiger partial charge in [0.25, 0.3) is 5.91 Å². The highest BCUT2D eigenvalue weighted by molar-refractivity contribution is 8.00. The number of nitrogens with zero attached hydrogens (tertiary/aromatic N) is 1. The van der Waals surface area contributed by atoms with Crippen LogP contribution in [-0.4, -0.2) is 63.0 Å². The average molecular weight is 399 g/mol. The van der Waals surface area contributed by atoms with Gasteiger partial charge in [-0.2, -0.15) is 0 Å². The molecule has 1 saturated heterocycles. The number of β-lactam (4-membered cyclic amide) rings is 1. The lowest BCUT2D eigenvalue weighted by molar-refractivity contribution is -0.151. The van der Waals surface area contributed by atoms with Gasteiger partial charge in [0.2, 0.25) is 5.91 Å². The first-order valence-electron chi connectivity index (χ1n) is 7.51. The van der Waals surface area contributed by atoms with Gasteiger partial charge in [-0.05, 0) is 5.56 Å². The Morgan fingerprint density at radius 3 is 2.52 bits per heavy atom. The van der Waals surface area contributed by atoms with Gasteiger partial charge in [-0.25, -0.2) is 4.79 Å². The van der Waals surface area contributed by atoms with Gasteiger partial charge in [0.15, 0.2) is 5.70 Å². The lowest BCUT2D eigenvalue weighted by atomic mass is 10.0. The quantitative estimate of drug-likeness (QED) is 0.496. The second kappa shape index (κ2) is 8.86. The molecule has 0 bridgehead atoms. The minimum atomic E-state index is -1.23. The van der Waals surface area contributed by atoms with Crippen molar-refractivity contribution in [2.75, 3.05) is 12.9 Å². The first kappa shape index (κ1) is 22.4. The zero-order chi connectivity index (χ0) is 18.1. The van der Waals surface area contributed by atoms with Crippen LogP contribution in [0.5, 0.6) is 0 Å². The molecule has 0 radical (unpaired) electrons. The summed E-state index contributed by atoms with van der Waals surface area (Å²) in [4.78, 5) is 37.3. The Labute approximate surface area is 159 Å². The van der Waals surface area contributed by atoms with E-state index in [1.54, 1.807) is 24.3 Å². The van der Waals surface area contributed by atoms with E-state index in [0.29, 0.717) is 11.3 Å². The van der Waals surface area contributed by atoms with Crippen LogP contribution in [0.2, 0.25) is 0 Å². The van der Waals surface area contributed by atoms with Gasteiger partial charge >= 0.3 is 5.97 Å². The van der Waals surface area contributed by atoms with Crippen LogP contribution in [0, 0.1) is 0 Å². The number of thioether (sulfide) groups is 1. The van der Waals surface area contributed by atoms with E-state index in [1.807, 2.05) is 6.07 Å². The van der Waals surface area contributed by atoms with Gasteiger partial charge in [-0.3, -0.25) is 14.5 Å². The molecule has 11 heteroatoms. The number of fused-ring (bicyclic) bond motifs is 1. The van der Waals surface area contributed by atoms with Crippen molar-refractivity contribution in [2.45, 2.75) is 17.5 Å². The van der Waals surface area contributed by atoms with Crippen molar-refractivity contribution in [3.63, 3.8) is 0 Å². The molecule has 0 aromatic heterocycles. The van der Waals surface area contributed by atoms with Gasteiger partial charge in [0.1, 0.15) is 23.2 Å². The topological polar surface area (TPSA) is 185 Å². The highest BCUT2D eigenvalue weighted by Crippen LogP contribution is 2.40. The molecule has 148 valence electrons. The van der Waals surface area contributed by atoms with Crippen molar-refractivity contribution in [3.05, 3.63) is 47.4 Å². The molecule has 2 aliphatic heterocycles. The van der Waals surface area contributed by atoms with E-state index in [9.17, 15) is 19.5 Å². The number of methoxy groups -OCH3 is 1. The molecule has 2 aliphatic rings. The maximum absolute atomic E-state index is 12.4. The molecule has 2 amide bonds. The van der Waals surface area contributed by atoms with Crippen molar-refractivity contribution in [1.29, 1.82) is 0 Å². The van der Waals surface area contributed by atoms with Crippen LogP contribution >= 0.6 is 11.8 Å². The molecule has 10 nitrogen and oxygen atoms in total. The van der Waals surface area contributed by atoms with Gasteiger partial charge < -0.3 is 31.8 Å². The van der Waals surface area contributed by atoms with Gasteiger partial charge in [-0.15, -0.1) is 11.8 Å². The highest BCUT2D eigenvalue weighted by Gasteiger charge is 2.54. The zero-order valence-corrected chi connectivity index (χ0v) is 15.2. The molecule has 1 aromatic rings. The number of nitrogens with two attached hydrogens (primary N) is 1. The Kier molecular flexibility index (Phi) is 7.37. The molecule has 8 N–H and O–H groups in total. The van der Waals surface area contributed by atoms with Crippen molar-refractivity contribution >= 4 is 29.5 Å². The Hall–Kier alpha value is -2.60. The number of benzene rings is 1. The summed E-state index contributed by atoms with van der Waals surface area (Å²) in [6.45, 7) is 0. The summed E-state index contributed by atoms with van der Waals surface area (Å²) < 4.78 is 5.06. The number of rotatable bonds is 5. The Bertz CT molecular complexity index is 756. The van der Waals surface area contributed by atoms with Crippen LogP contribution < -0.4 is 11.1 Å². The Morgan fingerprint density at radius 2 is 1.96 bits per heavy atom. The lowest BCUT2D eigenvalue weighted by Crippen LogP contribution is -2.71. The van der Waals surface area contributed by atoms with Crippen molar-refractivity contribution < 1.29 is 35.2 Å². The van der Waals surface area contributed by atoms with Crippen molar-refractivity contribution in [2.24, 2.45) is 5.73 Å². The smallest absolute Gasteiger partial charge is 0.356 e. The van der Waals surface area contributed by atoms with Crippen LogP contribution in [0.15, 0.2) is 41.8 Å². The summed E-state index contributed by atoms with van der Waals surface area (Å²) in [5.74, 6) is -1.67. The summed E-state index contributed by atoms with van der Waals surface area (Å²) >= 11 is 1.33. The van der Waals surface area contributed by atoms with Crippen LogP contribution in [0.1, 0.15) is 11.6 Å². The van der Waals surface area contributed by atoms with Crippen molar-refractivity contribution in [3.8, 4) is 0 Å². The molecule has 1 fully saturated rings. The Balaban J connectivity index is 0.00000182. The molecule has 0 spiro atoms. The van der Waals surface area contributed by atoms with Crippen LogP contribution in [0.4, 0.5) is 0 Å². The number of hydrogen-bond donors (Lipinski definition) is 3. The molecular weight excluding hydrogens is 378 g/mol. The predicted octanol–water partition coefficient (Wildman–Crippen LogP) is -1.62. The Morgan fingerprint density at radius 1 is 1.33 bits per heavy atom. The molecule has 0 saturated carbocycles. The highest BCUT2D eigenvalue weighted by atomic mass is 32.2. The van der Waals surface area contributed by atoms with Gasteiger partial charge in [-0.1, -0.05) is 30.3 Å². The fraction of sp³-hybridized carbons (Fsp3) is 0.312. The molecule has 2 heterocycles. The molecule has 27 heavy (non-hydrogen) atoms. The number of carbonyl (C=O) groups excluding carboxylic acids is 2. The predicted molar refractivity (Wildman–Crippen MR) is 97.3 cm³/mol. The van der Waals surface area contributed by atoms with Crippen LogP contribution in [0.25, 0.3) is 0 Å². The lowest BCUT2D eigenvalue weighted by Gasteiger charge is -2.49.